The van der Waals surface area contributed by atoms with E-state index in [0.29, 0.717) is 11.3 Å². The summed E-state index contributed by atoms with van der Waals surface area (Å²) in [6.45, 7) is 2.94. The topological polar surface area (TPSA) is 108 Å². The van der Waals surface area contributed by atoms with Gasteiger partial charge in [-0.1, -0.05) is 6.07 Å². The van der Waals surface area contributed by atoms with Crippen LogP contribution in [0.25, 0.3) is 0 Å². The Morgan fingerprint density at radius 3 is 2.43 bits per heavy atom. The Bertz CT molecular complexity index is 883. The van der Waals surface area contributed by atoms with E-state index < -0.39 is 23.4 Å². The van der Waals surface area contributed by atoms with Gasteiger partial charge in [0.1, 0.15) is 11.4 Å². The number of thioether (sulfide) groups is 1. The summed E-state index contributed by atoms with van der Waals surface area (Å²) in [5.41, 5.74) is 1.29. The Balaban J connectivity index is 1.87. The highest BCUT2D eigenvalue weighted by atomic mass is 32.2. The summed E-state index contributed by atoms with van der Waals surface area (Å²) in [7, 11) is 1.57. The van der Waals surface area contributed by atoms with Crippen LogP contribution in [0.4, 0.5) is 11.4 Å². The molecule has 0 unspecified atom stereocenters. The first-order chi connectivity index (χ1) is 13.3. The van der Waals surface area contributed by atoms with E-state index in [1.54, 1.807) is 39.2 Å². The van der Waals surface area contributed by atoms with Gasteiger partial charge in [0.15, 0.2) is 6.61 Å². The fourth-order valence-corrected chi connectivity index (χ4v) is 2.99. The van der Waals surface area contributed by atoms with E-state index in [1.807, 2.05) is 12.1 Å². The minimum absolute atomic E-state index is 0.0310. The van der Waals surface area contributed by atoms with Gasteiger partial charge in [0.25, 0.3) is 11.6 Å². The fourth-order valence-electron chi connectivity index (χ4n) is 2.29. The number of carbonyl (C=O) groups excluding carboxylic acids is 2. The second kappa shape index (κ2) is 9.75. The van der Waals surface area contributed by atoms with Crippen LogP contribution >= 0.6 is 11.8 Å². The first-order valence-corrected chi connectivity index (χ1v) is 9.27. The molecule has 0 radical (unpaired) electrons. The number of hydrogen-bond donors (Lipinski definition) is 1. The number of ether oxygens (including phenoxy) is 2. The maximum Gasteiger partial charge on any atom is 0.316 e. The van der Waals surface area contributed by atoms with Crippen molar-refractivity contribution >= 4 is 35.0 Å². The van der Waals surface area contributed by atoms with Crippen LogP contribution < -0.4 is 10.1 Å². The van der Waals surface area contributed by atoms with E-state index >= 15 is 0 Å². The van der Waals surface area contributed by atoms with Gasteiger partial charge in [-0.3, -0.25) is 19.7 Å². The highest BCUT2D eigenvalue weighted by molar-refractivity contribution is 8.00. The quantitative estimate of drug-likeness (QED) is 0.310. The van der Waals surface area contributed by atoms with Crippen LogP contribution in [0.2, 0.25) is 0 Å². The molecule has 0 aliphatic carbocycles. The number of amides is 1. The van der Waals surface area contributed by atoms with Gasteiger partial charge in [-0.25, -0.2) is 0 Å². The number of nitrogens with zero attached hydrogens (tertiary/aromatic N) is 1. The third-order valence-corrected chi connectivity index (χ3v) is 4.94. The van der Waals surface area contributed by atoms with E-state index in [-0.39, 0.29) is 17.1 Å². The molecule has 2 rings (SSSR count). The summed E-state index contributed by atoms with van der Waals surface area (Å²) in [5.74, 6) is -0.460. The molecule has 8 nitrogen and oxygen atoms in total. The molecule has 0 aromatic heterocycles. The number of carbonyl (C=O) groups is 2. The average molecular weight is 404 g/mol. The number of rotatable bonds is 8. The Morgan fingerprint density at radius 1 is 1.14 bits per heavy atom. The Labute approximate surface area is 166 Å². The van der Waals surface area contributed by atoms with E-state index in [0.717, 1.165) is 10.5 Å². The number of nitro groups is 1. The molecule has 0 spiro atoms. The summed E-state index contributed by atoms with van der Waals surface area (Å²) >= 11 is 1.26. The molecular formula is C19H20N2O6S. The number of nitrogens with one attached hydrogen (secondary N) is 1. The van der Waals surface area contributed by atoms with Gasteiger partial charge in [-0.15, -0.1) is 11.8 Å². The molecule has 0 saturated heterocycles. The van der Waals surface area contributed by atoms with Crippen LogP contribution in [0.3, 0.4) is 0 Å². The molecule has 0 saturated carbocycles. The normalized spacial score (nSPS) is 10.2. The predicted molar refractivity (Wildman–Crippen MR) is 106 cm³/mol. The predicted octanol–water partition coefficient (Wildman–Crippen LogP) is 3.49. The molecule has 1 amide bonds. The van der Waals surface area contributed by atoms with Gasteiger partial charge in [-0.05, 0) is 49.2 Å². The number of aryl methyl sites for hydroxylation is 1. The summed E-state index contributed by atoms with van der Waals surface area (Å²) < 4.78 is 10.0. The Kier molecular flexibility index (Phi) is 7.39. The van der Waals surface area contributed by atoms with Crippen molar-refractivity contribution in [3.05, 3.63) is 57.6 Å². The third kappa shape index (κ3) is 5.71. The molecular weight excluding hydrogens is 384 g/mol. The molecule has 2 aromatic rings. The lowest BCUT2D eigenvalue weighted by Gasteiger charge is -2.11. The molecule has 0 bridgehead atoms. The smallest absolute Gasteiger partial charge is 0.316 e. The standard InChI is InChI=1S/C19H20N2O6S/c1-12-4-9-16(21(24)25)19(13(12)2)20-17(22)10-27-18(23)11-28-15-7-5-14(26-3)6-8-15/h4-9H,10-11H2,1-3H3,(H,20,22). The average Bonchev–Trinajstić information content (AvgIpc) is 2.68. The zero-order chi connectivity index (χ0) is 20.7. The maximum absolute atomic E-state index is 12.1. The molecule has 0 heterocycles. The number of benzene rings is 2. The van der Waals surface area contributed by atoms with Crippen LogP contribution in [-0.2, 0) is 14.3 Å². The number of anilines is 1. The molecule has 0 atom stereocenters. The van der Waals surface area contributed by atoms with E-state index in [1.165, 1.54) is 17.8 Å². The van der Waals surface area contributed by atoms with Gasteiger partial charge in [0, 0.05) is 11.0 Å². The van der Waals surface area contributed by atoms with Crippen LogP contribution in [-0.4, -0.2) is 36.3 Å². The molecule has 148 valence electrons. The number of esters is 1. The zero-order valence-electron chi connectivity index (χ0n) is 15.7. The molecule has 9 heteroatoms. The van der Waals surface area contributed by atoms with E-state index in [2.05, 4.69) is 5.32 Å². The third-order valence-electron chi connectivity index (χ3n) is 3.96. The maximum atomic E-state index is 12.1. The fraction of sp³-hybridized carbons (Fsp3) is 0.263. The highest BCUT2D eigenvalue weighted by Crippen LogP contribution is 2.30. The lowest BCUT2D eigenvalue weighted by Crippen LogP contribution is -2.22. The minimum Gasteiger partial charge on any atom is -0.497 e. The van der Waals surface area contributed by atoms with Crippen molar-refractivity contribution in [3.8, 4) is 5.75 Å². The summed E-state index contributed by atoms with van der Waals surface area (Å²) in [6, 6.07) is 10.1. The lowest BCUT2D eigenvalue weighted by molar-refractivity contribution is -0.384. The SMILES string of the molecule is COc1ccc(SCC(=O)OCC(=O)Nc2c([N+](=O)[O-])ccc(C)c2C)cc1. The first-order valence-electron chi connectivity index (χ1n) is 8.28. The lowest BCUT2D eigenvalue weighted by atomic mass is 10.1. The first kappa shape index (κ1) is 21.2. The summed E-state index contributed by atoms with van der Waals surface area (Å²) in [5, 5.41) is 13.6. The van der Waals surface area contributed by atoms with Gasteiger partial charge >= 0.3 is 5.97 Å². The van der Waals surface area contributed by atoms with Gasteiger partial charge < -0.3 is 14.8 Å². The van der Waals surface area contributed by atoms with E-state index in [4.69, 9.17) is 9.47 Å². The number of nitro benzene ring substituents is 1. The summed E-state index contributed by atoms with van der Waals surface area (Å²) in [4.78, 5) is 35.3. The van der Waals surface area contributed by atoms with Crippen molar-refractivity contribution in [3.63, 3.8) is 0 Å². The Hall–Kier alpha value is -3.07. The van der Waals surface area contributed by atoms with E-state index in [9.17, 15) is 19.7 Å². The van der Waals surface area contributed by atoms with Crippen molar-refractivity contribution in [1.29, 1.82) is 0 Å². The van der Waals surface area contributed by atoms with Crippen LogP contribution in [0.1, 0.15) is 11.1 Å². The molecule has 2 aromatic carbocycles. The number of hydrogen-bond acceptors (Lipinski definition) is 7. The Morgan fingerprint density at radius 2 is 1.82 bits per heavy atom. The molecule has 28 heavy (non-hydrogen) atoms. The summed E-state index contributed by atoms with van der Waals surface area (Å²) in [6.07, 6.45) is 0. The molecule has 0 aliphatic heterocycles. The zero-order valence-corrected chi connectivity index (χ0v) is 16.5. The largest absolute Gasteiger partial charge is 0.497 e. The molecule has 0 aliphatic rings. The highest BCUT2D eigenvalue weighted by Gasteiger charge is 2.20. The van der Waals surface area contributed by atoms with Crippen molar-refractivity contribution in [2.75, 3.05) is 24.8 Å². The number of methoxy groups -OCH3 is 1. The molecule has 0 fully saturated rings. The van der Waals surface area contributed by atoms with Gasteiger partial charge in [-0.2, -0.15) is 0 Å². The monoisotopic (exact) mass is 404 g/mol. The van der Waals surface area contributed by atoms with Crippen LogP contribution in [0.5, 0.6) is 5.75 Å². The van der Waals surface area contributed by atoms with Crippen molar-refractivity contribution in [1.82, 2.24) is 0 Å². The van der Waals surface area contributed by atoms with Crippen LogP contribution in [0, 0.1) is 24.0 Å². The van der Waals surface area contributed by atoms with Gasteiger partial charge in [0.2, 0.25) is 0 Å². The second-order valence-corrected chi connectivity index (χ2v) is 6.88. The minimum atomic E-state index is -0.639. The molecule has 1 N–H and O–H groups in total. The van der Waals surface area contributed by atoms with Crippen molar-refractivity contribution < 1.29 is 24.0 Å². The van der Waals surface area contributed by atoms with Crippen molar-refractivity contribution in [2.24, 2.45) is 0 Å². The van der Waals surface area contributed by atoms with Crippen LogP contribution in [0.15, 0.2) is 41.3 Å². The van der Waals surface area contributed by atoms with Gasteiger partial charge in [0.05, 0.1) is 17.8 Å². The van der Waals surface area contributed by atoms with Crippen molar-refractivity contribution in [2.45, 2.75) is 18.7 Å². The second-order valence-electron chi connectivity index (χ2n) is 5.83.